The number of nitrogens with two attached hydrogens (primary N) is 1. The van der Waals surface area contributed by atoms with Crippen molar-refractivity contribution in [2.24, 2.45) is 0 Å². The Hall–Kier alpha value is -2.02. The fourth-order valence-electron chi connectivity index (χ4n) is 1.64. The van der Waals surface area contributed by atoms with Crippen LogP contribution in [0.2, 0.25) is 0 Å². The molecule has 7 heteroatoms. The summed E-state index contributed by atoms with van der Waals surface area (Å²) in [5.74, 6) is 0. The SMILES string of the molecule is CCc1ccc(S(=O)(=O)Nc2nc(C)co2)cc1N. The van der Waals surface area contributed by atoms with Crippen molar-refractivity contribution in [3.63, 3.8) is 0 Å². The van der Waals surface area contributed by atoms with Crippen molar-refractivity contribution in [1.29, 1.82) is 0 Å². The molecule has 0 unspecified atom stereocenters. The molecule has 0 aliphatic heterocycles. The van der Waals surface area contributed by atoms with Gasteiger partial charge in [-0.3, -0.25) is 0 Å². The fourth-order valence-corrected chi connectivity index (χ4v) is 2.61. The largest absolute Gasteiger partial charge is 0.431 e. The predicted octanol–water partition coefficient (Wildman–Crippen LogP) is 1.93. The summed E-state index contributed by atoms with van der Waals surface area (Å²) in [6.07, 6.45) is 2.12. The lowest BCUT2D eigenvalue weighted by atomic mass is 10.1. The molecule has 0 aliphatic rings. The van der Waals surface area contributed by atoms with Gasteiger partial charge in [0.1, 0.15) is 6.26 Å². The predicted molar refractivity (Wildman–Crippen MR) is 72.3 cm³/mol. The van der Waals surface area contributed by atoms with Gasteiger partial charge in [0.05, 0.1) is 10.6 Å². The van der Waals surface area contributed by atoms with Crippen molar-refractivity contribution < 1.29 is 12.8 Å². The highest BCUT2D eigenvalue weighted by atomic mass is 32.2. The minimum atomic E-state index is -3.73. The second-order valence-electron chi connectivity index (χ2n) is 4.11. The van der Waals surface area contributed by atoms with Crippen LogP contribution in [0.3, 0.4) is 0 Å². The molecule has 0 atom stereocenters. The van der Waals surface area contributed by atoms with Crippen LogP contribution in [-0.2, 0) is 16.4 Å². The minimum Gasteiger partial charge on any atom is -0.431 e. The molecule has 6 nitrogen and oxygen atoms in total. The Morgan fingerprint density at radius 3 is 2.68 bits per heavy atom. The number of benzene rings is 1. The zero-order valence-electron chi connectivity index (χ0n) is 10.7. The highest BCUT2D eigenvalue weighted by Crippen LogP contribution is 2.20. The maximum absolute atomic E-state index is 12.1. The molecule has 0 fully saturated rings. The second kappa shape index (κ2) is 4.93. The lowest BCUT2D eigenvalue weighted by molar-refractivity contribution is 0.569. The molecule has 0 amide bonds. The van der Waals surface area contributed by atoms with E-state index < -0.39 is 10.0 Å². The quantitative estimate of drug-likeness (QED) is 0.834. The van der Waals surface area contributed by atoms with E-state index in [0.717, 1.165) is 12.0 Å². The van der Waals surface area contributed by atoms with Crippen molar-refractivity contribution in [3.8, 4) is 0 Å². The molecular formula is C12H15N3O3S. The zero-order chi connectivity index (χ0) is 14.0. The van der Waals surface area contributed by atoms with Gasteiger partial charge in [0.2, 0.25) is 0 Å². The first-order valence-corrected chi connectivity index (χ1v) is 7.24. The molecule has 0 saturated heterocycles. The van der Waals surface area contributed by atoms with Crippen LogP contribution in [0, 0.1) is 6.92 Å². The molecule has 2 rings (SSSR count). The topological polar surface area (TPSA) is 98.2 Å². The normalized spacial score (nSPS) is 11.5. The number of sulfonamides is 1. The van der Waals surface area contributed by atoms with Crippen molar-refractivity contribution >= 4 is 21.7 Å². The first-order chi connectivity index (χ1) is 8.92. The van der Waals surface area contributed by atoms with Gasteiger partial charge in [0.25, 0.3) is 10.0 Å². The average molecular weight is 281 g/mol. The molecule has 0 saturated carbocycles. The van der Waals surface area contributed by atoms with Gasteiger partial charge in [-0.05, 0) is 31.0 Å². The summed E-state index contributed by atoms with van der Waals surface area (Å²) in [4.78, 5) is 3.97. The van der Waals surface area contributed by atoms with E-state index in [1.165, 1.54) is 18.4 Å². The van der Waals surface area contributed by atoms with Crippen molar-refractivity contribution in [2.45, 2.75) is 25.2 Å². The van der Waals surface area contributed by atoms with Gasteiger partial charge in [0.15, 0.2) is 0 Å². The van der Waals surface area contributed by atoms with Crippen LogP contribution in [0.5, 0.6) is 0 Å². The van der Waals surface area contributed by atoms with Gasteiger partial charge in [0, 0.05) is 5.69 Å². The molecule has 1 aromatic carbocycles. The summed E-state index contributed by atoms with van der Waals surface area (Å²) < 4.78 is 31.4. The summed E-state index contributed by atoms with van der Waals surface area (Å²) in [6, 6.07) is 4.57. The minimum absolute atomic E-state index is 0.0596. The Morgan fingerprint density at radius 1 is 1.42 bits per heavy atom. The molecule has 3 N–H and O–H groups in total. The van der Waals surface area contributed by atoms with E-state index in [2.05, 4.69) is 9.71 Å². The highest BCUT2D eigenvalue weighted by Gasteiger charge is 2.17. The Balaban J connectivity index is 2.31. The number of nitrogen functional groups attached to an aromatic ring is 1. The molecule has 19 heavy (non-hydrogen) atoms. The van der Waals surface area contributed by atoms with E-state index in [1.807, 2.05) is 6.92 Å². The maximum Gasteiger partial charge on any atom is 0.309 e. The van der Waals surface area contributed by atoms with Crippen LogP contribution in [0.1, 0.15) is 18.2 Å². The lowest BCUT2D eigenvalue weighted by Gasteiger charge is -2.07. The summed E-state index contributed by atoms with van der Waals surface area (Å²) in [5, 5.41) is 0. The summed E-state index contributed by atoms with van der Waals surface area (Å²) >= 11 is 0. The fraction of sp³-hybridized carbons (Fsp3) is 0.250. The van der Waals surface area contributed by atoms with E-state index >= 15 is 0 Å². The summed E-state index contributed by atoms with van der Waals surface area (Å²) in [5.41, 5.74) is 7.75. The smallest absolute Gasteiger partial charge is 0.309 e. The van der Waals surface area contributed by atoms with Crippen LogP contribution in [0.25, 0.3) is 0 Å². The molecule has 1 heterocycles. The van der Waals surface area contributed by atoms with Gasteiger partial charge in [-0.15, -0.1) is 0 Å². The number of aromatic nitrogens is 1. The van der Waals surface area contributed by atoms with Crippen LogP contribution < -0.4 is 10.5 Å². The van der Waals surface area contributed by atoms with Gasteiger partial charge in [-0.1, -0.05) is 13.0 Å². The second-order valence-corrected chi connectivity index (χ2v) is 5.80. The molecule has 2 aromatic rings. The average Bonchev–Trinajstić information content (AvgIpc) is 2.73. The van der Waals surface area contributed by atoms with Gasteiger partial charge >= 0.3 is 6.01 Å². The van der Waals surface area contributed by atoms with E-state index in [4.69, 9.17) is 10.2 Å². The number of anilines is 2. The van der Waals surface area contributed by atoms with Crippen LogP contribution >= 0.6 is 0 Å². The van der Waals surface area contributed by atoms with E-state index in [-0.39, 0.29) is 10.9 Å². The van der Waals surface area contributed by atoms with Crippen LogP contribution in [0.15, 0.2) is 33.8 Å². The number of nitrogens with one attached hydrogen (secondary N) is 1. The van der Waals surface area contributed by atoms with E-state index in [1.54, 1.807) is 13.0 Å². The first kappa shape index (κ1) is 13.4. The summed E-state index contributed by atoms with van der Waals surface area (Å²) in [7, 11) is -3.73. The Labute approximate surface area is 111 Å². The Kier molecular flexibility index (Phi) is 3.48. The molecule has 0 spiro atoms. The monoisotopic (exact) mass is 281 g/mol. The molecule has 0 radical (unpaired) electrons. The molecular weight excluding hydrogens is 266 g/mol. The van der Waals surface area contributed by atoms with Crippen LogP contribution in [-0.4, -0.2) is 13.4 Å². The van der Waals surface area contributed by atoms with Gasteiger partial charge < -0.3 is 10.2 Å². The number of nitrogens with zero attached hydrogens (tertiary/aromatic N) is 1. The Morgan fingerprint density at radius 2 is 2.16 bits per heavy atom. The number of oxazole rings is 1. The Bertz CT molecular complexity index is 692. The maximum atomic E-state index is 12.1. The first-order valence-electron chi connectivity index (χ1n) is 5.75. The van der Waals surface area contributed by atoms with Crippen LogP contribution in [0.4, 0.5) is 11.7 Å². The van der Waals surface area contributed by atoms with Crippen molar-refractivity contribution in [1.82, 2.24) is 4.98 Å². The number of rotatable bonds is 4. The third kappa shape index (κ3) is 2.87. The molecule has 1 aromatic heterocycles. The third-order valence-electron chi connectivity index (χ3n) is 2.65. The molecule has 102 valence electrons. The number of hydrogen-bond donors (Lipinski definition) is 2. The molecule has 0 aliphatic carbocycles. The summed E-state index contributed by atoms with van der Waals surface area (Å²) in [6.45, 7) is 3.66. The van der Waals surface area contributed by atoms with Crippen molar-refractivity contribution in [3.05, 3.63) is 35.7 Å². The van der Waals surface area contributed by atoms with Gasteiger partial charge in [-0.2, -0.15) is 4.98 Å². The standard InChI is InChI=1S/C12H15N3O3S/c1-3-9-4-5-10(6-11(9)13)19(16,17)15-12-14-8(2)7-18-12/h4-7H,3,13H2,1-2H3,(H,14,15). The van der Waals surface area contributed by atoms with E-state index in [0.29, 0.717) is 11.4 Å². The highest BCUT2D eigenvalue weighted by molar-refractivity contribution is 7.92. The number of aryl methyl sites for hydroxylation is 2. The molecule has 0 bridgehead atoms. The van der Waals surface area contributed by atoms with E-state index in [9.17, 15) is 8.42 Å². The number of hydrogen-bond acceptors (Lipinski definition) is 5. The third-order valence-corrected chi connectivity index (χ3v) is 3.97. The van der Waals surface area contributed by atoms with Crippen molar-refractivity contribution in [2.75, 3.05) is 10.5 Å². The zero-order valence-corrected chi connectivity index (χ0v) is 11.5. The lowest BCUT2D eigenvalue weighted by Crippen LogP contribution is -2.13. The van der Waals surface area contributed by atoms with Gasteiger partial charge in [-0.25, -0.2) is 13.1 Å².